The van der Waals surface area contributed by atoms with Gasteiger partial charge in [0, 0.05) is 0 Å². The molecule has 2 aromatic rings. The predicted octanol–water partition coefficient (Wildman–Crippen LogP) is 3.49. The van der Waals surface area contributed by atoms with Crippen molar-refractivity contribution in [2.45, 2.75) is 37.6 Å². The number of hydrogen-bond donors (Lipinski definition) is 1. The summed E-state index contributed by atoms with van der Waals surface area (Å²) < 4.78 is 10.9. The van der Waals surface area contributed by atoms with Gasteiger partial charge in [-0.25, -0.2) is 0 Å². The summed E-state index contributed by atoms with van der Waals surface area (Å²) >= 11 is 6.02. The normalized spacial score (nSPS) is 16.3. The zero-order valence-corrected chi connectivity index (χ0v) is 13.7. The fourth-order valence-corrected chi connectivity index (χ4v) is 2.79. The number of nitrogens with zero attached hydrogens (tertiary/aromatic N) is 2. The summed E-state index contributed by atoms with van der Waals surface area (Å²) in [4.78, 5) is 4.40. The van der Waals surface area contributed by atoms with Crippen LogP contribution in [0, 0.1) is 0 Å². The molecule has 0 unspecified atom stereocenters. The molecule has 1 aliphatic rings. The highest BCUT2D eigenvalue weighted by atomic mass is 35.5. The maximum absolute atomic E-state index is 6.30. The van der Waals surface area contributed by atoms with Gasteiger partial charge in [-0.3, -0.25) is 0 Å². The molecule has 3 rings (SSSR count). The number of benzene rings is 1. The van der Waals surface area contributed by atoms with E-state index in [4.69, 9.17) is 26.6 Å². The highest BCUT2D eigenvalue weighted by Gasteiger charge is 2.35. The fourth-order valence-electron chi connectivity index (χ4n) is 2.60. The van der Waals surface area contributed by atoms with Crippen LogP contribution in [0.15, 0.2) is 28.8 Å². The molecule has 1 aromatic heterocycles. The van der Waals surface area contributed by atoms with Crippen LogP contribution >= 0.6 is 24.0 Å². The Morgan fingerprint density at radius 3 is 2.73 bits per heavy atom. The molecule has 1 heterocycles. The Morgan fingerprint density at radius 2 is 2.00 bits per heavy atom. The Balaban J connectivity index is 0.00000176. The molecule has 0 aliphatic heterocycles. The van der Waals surface area contributed by atoms with Crippen LogP contribution in [0.3, 0.4) is 0 Å². The van der Waals surface area contributed by atoms with Gasteiger partial charge in [0.2, 0.25) is 5.89 Å². The van der Waals surface area contributed by atoms with E-state index in [0.29, 0.717) is 35.5 Å². The van der Waals surface area contributed by atoms with E-state index in [1.807, 2.05) is 18.2 Å². The smallest absolute Gasteiger partial charge is 0.230 e. The van der Waals surface area contributed by atoms with Gasteiger partial charge in [-0.05, 0) is 25.0 Å². The van der Waals surface area contributed by atoms with Crippen LogP contribution in [0.1, 0.15) is 37.4 Å². The molecule has 2 N–H and O–H groups in total. The third kappa shape index (κ3) is 3.72. The molecule has 1 saturated carbocycles. The van der Waals surface area contributed by atoms with E-state index in [1.165, 1.54) is 0 Å². The van der Waals surface area contributed by atoms with Gasteiger partial charge in [-0.15, -0.1) is 12.4 Å². The van der Waals surface area contributed by atoms with Crippen LogP contribution in [0.4, 0.5) is 0 Å². The lowest BCUT2D eigenvalue weighted by atomic mass is 9.99. The third-order valence-corrected chi connectivity index (χ3v) is 4.13. The molecule has 1 fully saturated rings. The number of rotatable bonds is 5. The molecule has 0 amide bonds. The highest BCUT2D eigenvalue weighted by molar-refractivity contribution is 6.32. The lowest BCUT2D eigenvalue weighted by molar-refractivity contribution is 0.290. The first-order chi connectivity index (χ1) is 10.2. The van der Waals surface area contributed by atoms with Crippen molar-refractivity contribution in [1.82, 2.24) is 10.1 Å². The number of halogens is 2. The lowest BCUT2D eigenvalue weighted by Gasteiger charge is -2.17. The number of nitrogens with two attached hydrogens (primary N) is 1. The van der Waals surface area contributed by atoms with E-state index >= 15 is 0 Å². The topological polar surface area (TPSA) is 74.2 Å². The summed E-state index contributed by atoms with van der Waals surface area (Å²) in [6, 6.07) is 7.36. The van der Waals surface area contributed by atoms with Gasteiger partial charge >= 0.3 is 0 Å². The van der Waals surface area contributed by atoms with Gasteiger partial charge in [-0.1, -0.05) is 41.7 Å². The number of hydrogen-bond acceptors (Lipinski definition) is 5. The largest absolute Gasteiger partial charge is 0.491 e. The van der Waals surface area contributed by atoms with Crippen LogP contribution in [-0.2, 0) is 12.0 Å². The van der Waals surface area contributed by atoms with Crippen molar-refractivity contribution in [2.75, 3.05) is 6.61 Å². The molecular formula is C15H19Cl2N3O2. The van der Waals surface area contributed by atoms with E-state index in [-0.39, 0.29) is 12.4 Å². The Morgan fingerprint density at radius 1 is 1.27 bits per heavy atom. The highest BCUT2D eigenvalue weighted by Crippen LogP contribution is 2.34. The number of para-hydroxylation sites is 1. The van der Waals surface area contributed by atoms with Crippen LogP contribution in [0.2, 0.25) is 5.02 Å². The average Bonchev–Trinajstić information content (AvgIpc) is 3.11. The van der Waals surface area contributed by atoms with Gasteiger partial charge in [0.25, 0.3) is 0 Å². The quantitative estimate of drug-likeness (QED) is 0.899. The minimum atomic E-state index is -0.411. The SMILES string of the molecule is Cl.NC1(c2noc(CCOc3ccccc3Cl)n2)CCCC1. The van der Waals surface area contributed by atoms with Crippen molar-refractivity contribution in [3.05, 3.63) is 41.0 Å². The Bertz CT molecular complexity index is 612. The molecule has 120 valence electrons. The molecule has 22 heavy (non-hydrogen) atoms. The fraction of sp³-hybridized carbons (Fsp3) is 0.467. The van der Waals surface area contributed by atoms with Crippen molar-refractivity contribution in [3.63, 3.8) is 0 Å². The second kappa shape index (κ2) is 7.31. The summed E-state index contributed by atoms with van der Waals surface area (Å²) in [7, 11) is 0. The lowest BCUT2D eigenvalue weighted by Crippen LogP contribution is -2.34. The third-order valence-electron chi connectivity index (χ3n) is 3.82. The van der Waals surface area contributed by atoms with Gasteiger partial charge < -0.3 is 15.0 Å². The summed E-state index contributed by atoms with van der Waals surface area (Å²) in [6.07, 6.45) is 4.62. The first kappa shape index (κ1) is 17.1. The molecule has 7 heteroatoms. The van der Waals surface area contributed by atoms with E-state index < -0.39 is 5.54 Å². The van der Waals surface area contributed by atoms with Crippen molar-refractivity contribution < 1.29 is 9.26 Å². The van der Waals surface area contributed by atoms with Gasteiger partial charge in [-0.2, -0.15) is 4.98 Å². The minimum Gasteiger partial charge on any atom is -0.491 e. The number of aromatic nitrogens is 2. The Kier molecular flexibility index (Phi) is 5.67. The van der Waals surface area contributed by atoms with Crippen LogP contribution in [-0.4, -0.2) is 16.7 Å². The van der Waals surface area contributed by atoms with Gasteiger partial charge in [0.05, 0.1) is 23.6 Å². The maximum Gasteiger partial charge on any atom is 0.230 e. The van der Waals surface area contributed by atoms with Crippen LogP contribution in [0.25, 0.3) is 0 Å². The Hall–Kier alpha value is -1.30. The summed E-state index contributed by atoms with van der Waals surface area (Å²) in [5.41, 5.74) is 5.89. The van der Waals surface area contributed by atoms with Crippen molar-refractivity contribution >= 4 is 24.0 Å². The molecule has 0 radical (unpaired) electrons. The van der Waals surface area contributed by atoms with Crippen molar-refractivity contribution in [3.8, 4) is 5.75 Å². The molecule has 0 saturated heterocycles. The van der Waals surface area contributed by atoms with Crippen molar-refractivity contribution in [2.24, 2.45) is 5.73 Å². The molecule has 0 atom stereocenters. The zero-order chi connectivity index (χ0) is 14.7. The van der Waals surface area contributed by atoms with E-state index in [0.717, 1.165) is 25.7 Å². The zero-order valence-electron chi connectivity index (χ0n) is 12.1. The van der Waals surface area contributed by atoms with Crippen LogP contribution in [0.5, 0.6) is 5.75 Å². The monoisotopic (exact) mass is 343 g/mol. The first-order valence-electron chi connectivity index (χ1n) is 7.17. The van der Waals surface area contributed by atoms with Gasteiger partial charge in [0.1, 0.15) is 5.75 Å². The predicted molar refractivity (Wildman–Crippen MR) is 86.5 cm³/mol. The molecule has 5 nitrogen and oxygen atoms in total. The summed E-state index contributed by atoms with van der Waals surface area (Å²) in [6.45, 7) is 0.433. The number of ether oxygens (including phenoxy) is 1. The second-order valence-electron chi connectivity index (χ2n) is 5.40. The molecule has 0 bridgehead atoms. The molecule has 1 aliphatic carbocycles. The Labute approximate surface area is 140 Å². The molecule has 1 aromatic carbocycles. The molecular weight excluding hydrogens is 325 g/mol. The molecule has 0 spiro atoms. The maximum atomic E-state index is 6.30. The van der Waals surface area contributed by atoms with E-state index in [2.05, 4.69) is 10.1 Å². The van der Waals surface area contributed by atoms with Crippen LogP contribution < -0.4 is 10.5 Å². The summed E-state index contributed by atoms with van der Waals surface area (Å²) in [5.74, 6) is 1.83. The second-order valence-corrected chi connectivity index (χ2v) is 5.81. The van der Waals surface area contributed by atoms with Crippen molar-refractivity contribution in [1.29, 1.82) is 0 Å². The first-order valence-corrected chi connectivity index (χ1v) is 7.54. The standard InChI is InChI=1S/C15H18ClN3O2.ClH/c16-11-5-1-2-6-12(11)20-10-7-13-18-14(19-21-13)15(17)8-3-4-9-15;/h1-2,5-6H,3-4,7-10,17H2;1H. The minimum absolute atomic E-state index is 0. The van der Waals surface area contributed by atoms with Gasteiger partial charge in [0.15, 0.2) is 5.82 Å². The summed E-state index contributed by atoms with van der Waals surface area (Å²) in [5, 5.41) is 4.61. The average molecular weight is 344 g/mol. The van der Waals surface area contributed by atoms with E-state index in [9.17, 15) is 0 Å². The van der Waals surface area contributed by atoms with E-state index in [1.54, 1.807) is 6.07 Å².